The minimum Gasteiger partial charge on any atom is -0.492 e. The molecule has 2 aromatic rings. The molecule has 0 bridgehead atoms. The van der Waals surface area contributed by atoms with Crippen LogP contribution in [-0.2, 0) is 23.0 Å². The molecule has 0 spiro atoms. The Morgan fingerprint density at radius 1 is 1.12 bits per heavy atom. The van der Waals surface area contributed by atoms with Gasteiger partial charge in [-0.3, -0.25) is 0 Å². The van der Waals surface area contributed by atoms with Crippen LogP contribution < -0.4 is 14.8 Å². The fourth-order valence-electron chi connectivity index (χ4n) is 3.26. The van der Waals surface area contributed by atoms with Gasteiger partial charge in [-0.2, -0.15) is 0 Å². The third-order valence-corrected chi connectivity index (χ3v) is 5.25. The quantitative estimate of drug-likeness (QED) is 0.827. The molecule has 1 aliphatic rings. The van der Waals surface area contributed by atoms with Crippen molar-refractivity contribution in [1.29, 1.82) is 0 Å². The number of rotatable bonds is 6. The maximum absolute atomic E-state index is 11.4. The van der Waals surface area contributed by atoms with Crippen LogP contribution >= 0.6 is 0 Å². The number of likely N-dealkylation sites (N-methyl/N-ethyl adjacent to an activating group) is 1. The van der Waals surface area contributed by atoms with Gasteiger partial charge in [-0.1, -0.05) is 42.5 Å². The Hall–Kier alpha value is -1.89. The largest absolute Gasteiger partial charge is 0.492 e. The van der Waals surface area contributed by atoms with E-state index in [-0.39, 0.29) is 18.5 Å². The van der Waals surface area contributed by atoms with E-state index in [0.29, 0.717) is 6.61 Å². The lowest BCUT2D eigenvalue weighted by atomic mass is 9.83. The van der Waals surface area contributed by atoms with Gasteiger partial charge in [0.1, 0.15) is 12.4 Å². The molecule has 0 aromatic heterocycles. The standard InChI is InChI=1S/C19H24N2O3S/c1-20-18-13-24-19-9-8-15(12-21-25(2,22)23)11-17(19)16(18)10-14-6-4-3-5-7-14/h3-9,11,16,18,20-21H,10,12-13H2,1-2H3/t16-,18-/m1/s1. The minimum absolute atomic E-state index is 0.214. The summed E-state index contributed by atoms with van der Waals surface area (Å²) in [5, 5.41) is 3.35. The van der Waals surface area contributed by atoms with Crippen molar-refractivity contribution in [2.75, 3.05) is 19.9 Å². The average Bonchev–Trinajstić information content (AvgIpc) is 2.60. The first-order chi connectivity index (χ1) is 12.0. The van der Waals surface area contributed by atoms with Crippen LogP contribution in [0.5, 0.6) is 5.75 Å². The van der Waals surface area contributed by atoms with Crippen molar-refractivity contribution >= 4 is 10.0 Å². The summed E-state index contributed by atoms with van der Waals surface area (Å²) < 4.78 is 31.1. The van der Waals surface area contributed by atoms with Crippen LogP contribution in [0.2, 0.25) is 0 Å². The fourth-order valence-corrected chi connectivity index (χ4v) is 3.69. The van der Waals surface area contributed by atoms with Gasteiger partial charge in [0.05, 0.1) is 6.26 Å². The Labute approximate surface area is 149 Å². The van der Waals surface area contributed by atoms with E-state index >= 15 is 0 Å². The second-order valence-corrected chi connectivity index (χ2v) is 8.30. The summed E-state index contributed by atoms with van der Waals surface area (Å²) in [5.41, 5.74) is 3.34. The first kappa shape index (κ1) is 17.9. The van der Waals surface area contributed by atoms with Gasteiger partial charge in [0.2, 0.25) is 10.0 Å². The van der Waals surface area contributed by atoms with E-state index in [2.05, 4.69) is 40.4 Å². The van der Waals surface area contributed by atoms with Crippen molar-refractivity contribution in [3.8, 4) is 5.75 Å². The zero-order chi connectivity index (χ0) is 17.9. The fraction of sp³-hybridized carbons (Fsp3) is 0.368. The first-order valence-corrected chi connectivity index (χ1v) is 10.3. The minimum atomic E-state index is -3.21. The smallest absolute Gasteiger partial charge is 0.209 e. The number of hydrogen-bond donors (Lipinski definition) is 2. The van der Waals surface area contributed by atoms with Crippen LogP contribution in [0.15, 0.2) is 48.5 Å². The summed E-state index contributed by atoms with van der Waals surface area (Å²) in [5.74, 6) is 1.16. The molecule has 2 atom stereocenters. The second kappa shape index (κ2) is 7.56. The first-order valence-electron chi connectivity index (χ1n) is 8.38. The third-order valence-electron chi connectivity index (χ3n) is 4.59. The Bertz CT molecular complexity index is 822. The van der Waals surface area contributed by atoms with E-state index < -0.39 is 10.0 Å². The summed E-state index contributed by atoms with van der Waals surface area (Å²) in [6.45, 7) is 0.913. The summed E-state index contributed by atoms with van der Waals surface area (Å²) in [6, 6.07) is 16.5. The number of fused-ring (bicyclic) bond motifs is 1. The zero-order valence-corrected chi connectivity index (χ0v) is 15.3. The highest BCUT2D eigenvalue weighted by molar-refractivity contribution is 7.88. The van der Waals surface area contributed by atoms with Crippen molar-refractivity contribution in [2.24, 2.45) is 0 Å². The topological polar surface area (TPSA) is 67.4 Å². The van der Waals surface area contributed by atoms with Crippen LogP contribution in [0, 0.1) is 0 Å². The number of sulfonamides is 1. The molecule has 0 unspecified atom stereocenters. The maximum Gasteiger partial charge on any atom is 0.209 e. The number of hydrogen-bond acceptors (Lipinski definition) is 4. The number of nitrogens with one attached hydrogen (secondary N) is 2. The van der Waals surface area contributed by atoms with E-state index in [0.717, 1.165) is 23.3 Å². The molecule has 134 valence electrons. The van der Waals surface area contributed by atoms with Crippen molar-refractivity contribution in [3.05, 3.63) is 65.2 Å². The Kier molecular flexibility index (Phi) is 5.42. The molecule has 25 heavy (non-hydrogen) atoms. The molecule has 2 aromatic carbocycles. The molecule has 2 N–H and O–H groups in total. The molecule has 0 amide bonds. The third kappa shape index (κ3) is 4.60. The van der Waals surface area contributed by atoms with Crippen LogP contribution in [0.4, 0.5) is 0 Å². The van der Waals surface area contributed by atoms with Gasteiger partial charge in [-0.25, -0.2) is 13.1 Å². The SMILES string of the molecule is CN[C@@H]1COc2ccc(CNS(C)(=O)=O)cc2[C@H]1Cc1ccccc1. The van der Waals surface area contributed by atoms with Crippen LogP contribution in [-0.4, -0.2) is 34.4 Å². The lowest BCUT2D eigenvalue weighted by molar-refractivity contribution is 0.218. The molecule has 0 saturated heterocycles. The van der Waals surface area contributed by atoms with Gasteiger partial charge in [0.25, 0.3) is 0 Å². The highest BCUT2D eigenvalue weighted by Gasteiger charge is 2.30. The summed E-state index contributed by atoms with van der Waals surface area (Å²) in [7, 11) is -1.26. The lowest BCUT2D eigenvalue weighted by Gasteiger charge is -2.34. The molecular formula is C19H24N2O3S. The van der Waals surface area contributed by atoms with Crippen molar-refractivity contribution in [2.45, 2.75) is 24.9 Å². The molecule has 0 radical (unpaired) electrons. The molecule has 3 rings (SSSR count). The highest BCUT2D eigenvalue weighted by atomic mass is 32.2. The number of ether oxygens (including phenoxy) is 1. The normalized spacial score (nSPS) is 19.9. The highest BCUT2D eigenvalue weighted by Crippen LogP contribution is 2.36. The van der Waals surface area contributed by atoms with Gasteiger partial charge in [-0.15, -0.1) is 0 Å². The molecule has 5 nitrogen and oxygen atoms in total. The summed E-state index contributed by atoms with van der Waals surface area (Å²) in [6.07, 6.45) is 2.08. The van der Waals surface area contributed by atoms with Gasteiger partial charge in [0, 0.05) is 18.5 Å². The molecule has 1 heterocycles. The van der Waals surface area contributed by atoms with Gasteiger partial charge in [0.15, 0.2) is 0 Å². The van der Waals surface area contributed by atoms with E-state index in [1.807, 2.05) is 25.2 Å². The van der Waals surface area contributed by atoms with Gasteiger partial charge >= 0.3 is 0 Å². The predicted molar refractivity (Wildman–Crippen MR) is 99.4 cm³/mol. The number of benzene rings is 2. The van der Waals surface area contributed by atoms with E-state index in [1.165, 1.54) is 11.8 Å². The van der Waals surface area contributed by atoms with E-state index in [9.17, 15) is 8.42 Å². The van der Waals surface area contributed by atoms with Gasteiger partial charge < -0.3 is 10.1 Å². The van der Waals surface area contributed by atoms with Crippen molar-refractivity contribution < 1.29 is 13.2 Å². The molecule has 0 saturated carbocycles. The molecule has 1 aliphatic heterocycles. The van der Waals surface area contributed by atoms with Crippen molar-refractivity contribution in [3.63, 3.8) is 0 Å². The molecule has 0 aliphatic carbocycles. The van der Waals surface area contributed by atoms with Crippen LogP contribution in [0.25, 0.3) is 0 Å². The summed E-state index contributed by atoms with van der Waals surface area (Å²) in [4.78, 5) is 0. The van der Waals surface area contributed by atoms with Crippen molar-refractivity contribution in [1.82, 2.24) is 10.0 Å². The Balaban J connectivity index is 1.89. The van der Waals surface area contributed by atoms with Crippen LogP contribution in [0.1, 0.15) is 22.6 Å². The monoisotopic (exact) mass is 360 g/mol. The lowest BCUT2D eigenvalue weighted by Crippen LogP contribution is -2.41. The zero-order valence-electron chi connectivity index (χ0n) is 14.5. The maximum atomic E-state index is 11.4. The van der Waals surface area contributed by atoms with Crippen LogP contribution in [0.3, 0.4) is 0 Å². The van der Waals surface area contributed by atoms with Gasteiger partial charge in [-0.05, 0) is 36.2 Å². The molecule has 6 heteroatoms. The average molecular weight is 360 g/mol. The Morgan fingerprint density at radius 2 is 1.88 bits per heavy atom. The summed E-state index contributed by atoms with van der Waals surface area (Å²) >= 11 is 0. The predicted octanol–water partition coefficient (Wildman–Crippen LogP) is 2.04. The molecular weight excluding hydrogens is 336 g/mol. The second-order valence-electron chi connectivity index (χ2n) is 6.47. The van der Waals surface area contributed by atoms with E-state index in [1.54, 1.807) is 0 Å². The van der Waals surface area contributed by atoms with E-state index in [4.69, 9.17) is 4.74 Å². The Morgan fingerprint density at radius 3 is 2.56 bits per heavy atom. The molecule has 0 fully saturated rings.